The van der Waals surface area contributed by atoms with Crippen molar-refractivity contribution in [2.45, 2.75) is 38.6 Å². The first-order valence-electron chi connectivity index (χ1n) is 6.49. The Labute approximate surface area is 102 Å². The first-order chi connectivity index (χ1) is 8.31. The van der Waals surface area contributed by atoms with Gasteiger partial charge in [-0.3, -0.25) is 0 Å². The zero-order chi connectivity index (χ0) is 11.7. The van der Waals surface area contributed by atoms with Gasteiger partial charge in [-0.05, 0) is 37.9 Å². The molecule has 1 saturated heterocycles. The van der Waals surface area contributed by atoms with Gasteiger partial charge in [-0.1, -0.05) is 12.5 Å². The van der Waals surface area contributed by atoms with Crippen LogP contribution >= 0.6 is 0 Å². The molecule has 0 radical (unpaired) electrons. The average Bonchev–Trinajstić information content (AvgIpc) is 2.71. The molecule has 0 aliphatic carbocycles. The normalized spacial score (nSPS) is 20.9. The fourth-order valence-electron chi connectivity index (χ4n) is 2.60. The summed E-state index contributed by atoms with van der Waals surface area (Å²) in [4.78, 5) is 4.67. The van der Waals surface area contributed by atoms with Crippen molar-refractivity contribution in [2.75, 3.05) is 6.54 Å². The van der Waals surface area contributed by atoms with Gasteiger partial charge in [0.15, 0.2) is 0 Å². The van der Waals surface area contributed by atoms with Crippen molar-refractivity contribution < 1.29 is 0 Å². The fourth-order valence-corrected chi connectivity index (χ4v) is 2.60. The molecular weight excluding hydrogens is 210 g/mol. The van der Waals surface area contributed by atoms with E-state index in [0.717, 1.165) is 18.6 Å². The number of fused-ring (bicyclic) bond motifs is 1. The molecule has 3 heteroatoms. The summed E-state index contributed by atoms with van der Waals surface area (Å²) in [5.41, 5.74) is 3.54. The molecular formula is C14H19N3. The molecule has 2 aromatic rings. The second-order valence-electron chi connectivity index (χ2n) is 5.06. The molecule has 0 aromatic carbocycles. The number of aryl methyl sites for hydroxylation is 1. The maximum atomic E-state index is 4.67. The molecule has 1 unspecified atom stereocenters. The average molecular weight is 229 g/mol. The van der Waals surface area contributed by atoms with Crippen LogP contribution in [-0.4, -0.2) is 22.0 Å². The van der Waals surface area contributed by atoms with E-state index in [9.17, 15) is 0 Å². The Kier molecular flexibility index (Phi) is 2.85. The number of hydrogen-bond acceptors (Lipinski definition) is 2. The van der Waals surface area contributed by atoms with E-state index in [0.29, 0.717) is 6.04 Å². The SMILES string of the molecule is Cc1ccc2nc(CC3CCCCN3)cn2c1. The number of pyridine rings is 1. The molecule has 3 heterocycles. The van der Waals surface area contributed by atoms with Crippen molar-refractivity contribution in [1.82, 2.24) is 14.7 Å². The molecule has 17 heavy (non-hydrogen) atoms. The van der Waals surface area contributed by atoms with E-state index in [2.05, 4.69) is 46.2 Å². The number of rotatable bonds is 2. The Hall–Kier alpha value is -1.35. The summed E-state index contributed by atoms with van der Waals surface area (Å²) in [6.07, 6.45) is 9.32. The highest BCUT2D eigenvalue weighted by atomic mass is 15.0. The van der Waals surface area contributed by atoms with E-state index in [1.807, 2.05) is 0 Å². The molecule has 1 aliphatic heterocycles. The van der Waals surface area contributed by atoms with Crippen molar-refractivity contribution in [3.05, 3.63) is 35.8 Å². The molecule has 1 atom stereocenters. The monoisotopic (exact) mass is 229 g/mol. The quantitative estimate of drug-likeness (QED) is 0.856. The lowest BCUT2D eigenvalue weighted by Crippen LogP contribution is -2.35. The van der Waals surface area contributed by atoms with Gasteiger partial charge in [0.2, 0.25) is 0 Å². The molecule has 0 saturated carbocycles. The van der Waals surface area contributed by atoms with Gasteiger partial charge in [0.25, 0.3) is 0 Å². The molecule has 0 amide bonds. The van der Waals surface area contributed by atoms with Gasteiger partial charge < -0.3 is 9.72 Å². The number of hydrogen-bond donors (Lipinski definition) is 1. The van der Waals surface area contributed by atoms with Crippen LogP contribution in [0.15, 0.2) is 24.5 Å². The maximum absolute atomic E-state index is 4.67. The van der Waals surface area contributed by atoms with Gasteiger partial charge in [-0.2, -0.15) is 0 Å². The van der Waals surface area contributed by atoms with Crippen LogP contribution < -0.4 is 5.32 Å². The van der Waals surface area contributed by atoms with Crippen molar-refractivity contribution in [1.29, 1.82) is 0 Å². The molecule has 0 bridgehead atoms. The van der Waals surface area contributed by atoms with Gasteiger partial charge in [0.05, 0.1) is 5.69 Å². The largest absolute Gasteiger partial charge is 0.314 e. The summed E-state index contributed by atoms with van der Waals surface area (Å²) in [5, 5.41) is 3.57. The Balaban J connectivity index is 1.80. The second-order valence-corrected chi connectivity index (χ2v) is 5.06. The van der Waals surface area contributed by atoms with Gasteiger partial charge in [-0.25, -0.2) is 4.98 Å². The molecule has 2 aromatic heterocycles. The summed E-state index contributed by atoms with van der Waals surface area (Å²) in [6, 6.07) is 4.83. The maximum Gasteiger partial charge on any atom is 0.136 e. The van der Waals surface area contributed by atoms with Crippen LogP contribution in [0.5, 0.6) is 0 Å². The Morgan fingerprint density at radius 3 is 3.12 bits per heavy atom. The van der Waals surface area contributed by atoms with E-state index in [1.165, 1.54) is 30.5 Å². The van der Waals surface area contributed by atoms with Crippen LogP contribution in [0.4, 0.5) is 0 Å². The van der Waals surface area contributed by atoms with Crippen molar-refractivity contribution in [2.24, 2.45) is 0 Å². The van der Waals surface area contributed by atoms with Crippen molar-refractivity contribution in [3.8, 4) is 0 Å². The molecule has 3 nitrogen and oxygen atoms in total. The fraction of sp³-hybridized carbons (Fsp3) is 0.500. The number of nitrogens with one attached hydrogen (secondary N) is 1. The molecule has 1 aliphatic rings. The third-order valence-corrected chi connectivity index (χ3v) is 3.52. The van der Waals surface area contributed by atoms with Crippen LogP contribution in [0.1, 0.15) is 30.5 Å². The first kappa shape index (κ1) is 10.8. The number of piperidine rings is 1. The minimum Gasteiger partial charge on any atom is -0.314 e. The third-order valence-electron chi connectivity index (χ3n) is 3.52. The zero-order valence-corrected chi connectivity index (χ0v) is 10.3. The number of nitrogens with zero attached hydrogens (tertiary/aromatic N) is 2. The van der Waals surface area contributed by atoms with E-state index in [4.69, 9.17) is 0 Å². The minimum atomic E-state index is 0.620. The number of aromatic nitrogens is 2. The third kappa shape index (κ3) is 2.34. The van der Waals surface area contributed by atoms with Gasteiger partial charge in [0.1, 0.15) is 5.65 Å². The smallest absolute Gasteiger partial charge is 0.136 e. The van der Waals surface area contributed by atoms with Crippen LogP contribution in [0.2, 0.25) is 0 Å². The lowest BCUT2D eigenvalue weighted by molar-refractivity contribution is 0.397. The summed E-state index contributed by atoms with van der Waals surface area (Å²) in [5.74, 6) is 0. The van der Waals surface area contributed by atoms with Crippen LogP contribution in [0.25, 0.3) is 5.65 Å². The predicted octanol–water partition coefficient (Wildman–Crippen LogP) is 2.33. The highest BCUT2D eigenvalue weighted by Crippen LogP contribution is 2.13. The molecule has 90 valence electrons. The highest BCUT2D eigenvalue weighted by Gasteiger charge is 2.14. The molecule has 3 rings (SSSR count). The topological polar surface area (TPSA) is 29.3 Å². The van der Waals surface area contributed by atoms with E-state index < -0.39 is 0 Å². The van der Waals surface area contributed by atoms with Crippen LogP contribution in [0, 0.1) is 6.92 Å². The lowest BCUT2D eigenvalue weighted by Gasteiger charge is -2.22. The van der Waals surface area contributed by atoms with Crippen molar-refractivity contribution in [3.63, 3.8) is 0 Å². The Morgan fingerprint density at radius 2 is 2.29 bits per heavy atom. The lowest BCUT2D eigenvalue weighted by atomic mass is 10.0. The zero-order valence-electron chi connectivity index (χ0n) is 10.3. The summed E-state index contributed by atoms with van der Waals surface area (Å²) in [7, 11) is 0. The predicted molar refractivity (Wildman–Crippen MR) is 69.3 cm³/mol. The summed E-state index contributed by atoms with van der Waals surface area (Å²) >= 11 is 0. The van der Waals surface area contributed by atoms with E-state index in [-0.39, 0.29) is 0 Å². The van der Waals surface area contributed by atoms with Gasteiger partial charge >= 0.3 is 0 Å². The number of imidazole rings is 1. The van der Waals surface area contributed by atoms with Crippen LogP contribution in [-0.2, 0) is 6.42 Å². The summed E-state index contributed by atoms with van der Waals surface area (Å²) < 4.78 is 2.13. The Bertz CT molecular complexity index is 509. The van der Waals surface area contributed by atoms with E-state index in [1.54, 1.807) is 0 Å². The van der Waals surface area contributed by atoms with Gasteiger partial charge in [0, 0.05) is 24.9 Å². The molecule has 1 fully saturated rings. The van der Waals surface area contributed by atoms with E-state index >= 15 is 0 Å². The van der Waals surface area contributed by atoms with Gasteiger partial charge in [-0.15, -0.1) is 0 Å². The minimum absolute atomic E-state index is 0.620. The summed E-state index contributed by atoms with van der Waals surface area (Å²) in [6.45, 7) is 3.28. The highest BCUT2D eigenvalue weighted by molar-refractivity contribution is 5.41. The van der Waals surface area contributed by atoms with Crippen molar-refractivity contribution >= 4 is 5.65 Å². The Morgan fingerprint density at radius 1 is 1.35 bits per heavy atom. The standard InChI is InChI=1S/C14H19N3/c1-11-5-6-14-16-13(10-17(14)9-11)8-12-4-2-3-7-15-12/h5-6,9-10,12,15H,2-4,7-8H2,1H3. The second kappa shape index (κ2) is 4.49. The van der Waals surface area contributed by atoms with Crippen LogP contribution in [0.3, 0.4) is 0 Å². The molecule has 1 N–H and O–H groups in total. The molecule has 0 spiro atoms. The first-order valence-corrected chi connectivity index (χ1v) is 6.49.